The fraction of sp³-hybridized carbons (Fsp3) is 0.231. The topological polar surface area (TPSA) is 52.6 Å². The van der Waals surface area contributed by atoms with Gasteiger partial charge in [0.2, 0.25) is 0 Å². The molecule has 0 saturated carbocycles. The van der Waals surface area contributed by atoms with E-state index in [9.17, 15) is 9.13 Å². The van der Waals surface area contributed by atoms with Crippen molar-refractivity contribution in [3.8, 4) is 0 Å². The lowest BCUT2D eigenvalue weighted by Crippen LogP contribution is -2.29. The number of hydrogen-bond acceptors (Lipinski definition) is 4. The molecule has 0 bridgehead atoms. The molecule has 166 valence electrons. The van der Waals surface area contributed by atoms with E-state index in [1.807, 2.05) is 105 Å². The molecule has 3 aromatic rings. The first-order chi connectivity index (χ1) is 15.3. The van der Waals surface area contributed by atoms with Crippen molar-refractivity contribution < 1.29 is 18.2 Å². The maximum Gasteiger partial charge on any atom is 0.361 e. The molecule has 4 nitrogen and oxygen atoms in total. The largest absolute Gasteiger partial charge is 0.361 e. The smallest absolute Gasteiger partial charge is 0.313 e. The minimum Gasteiger partial charge on any atom is -0.313 e. The molecule has 0 aliphatic carbocycles. The first-order valence-corrected chi connectivity index (χ1v) is 14.1. The van der Waals surface area contributed by atoms with Gasteiger partial charge in [-0.1, -0.05) is 111 Å². The van der Waals surface area contributed by atoms with E-state index >= 15 is 0 Å². The Bertz CT molecular complexity index is 1110. The van der Waals surface area contributed by atoms with Crippen LogP contribution in [0.15, 0.2) is 97.1 Å². The lowest BCUT2D eigenvalue weighted by Gasteiger charge is -2.35. The summed E-state index contributed by atoms with van der Waals surface area (Å²) in [5.41, 5.74) is 0.544. The molecule has 4 rings (SSSR count). The van der Waals surface area contributed by atoms with Crippen molar-refractivity contribution in [2.45, 2.75) is 13.8 Å². The third kappa shape index (κ3) is 4.90. The molecular formula is C26H28O4P2. The van der Waals surface area contributed by atoms with Crippen LogP contribution in [0, 0.1) is 5.41 Å². The quantitative estimate of drug-likeness (QED) is 0.400. The third-order valence-corrected chi connectivity index (χ3v) is 10.4. The fourth-order valence-electron chi connectivity index (χ4n) is 3.65. The van der Waals surface area contributed by atoms with Crippen LogP contribution in [0.1, 0.15) is 19.4 Å². The molecule has 1 aliphatic heterocycles. The van der Waals surface area contributed by atoms with Gasteiger partial charge in [-0.15, -0.1) is 0 Å². The van der Waals surface area contributed by atoms with E-state index in [0.29, 0.717) is 18.5 Å². The van der Waals surface area contributed by atoms with Gasteiger partial charge >= 0.3 is 7.60 Å². The zero-order chi connectivity index (χ0) is 22.7. The van der Waals surface area contributed by atoms with E-state index in [0.717, 1.165) is 16.2 Å². The molecule has 0 aromatic heterocycles. The van der Waals surface area contributed by atoms with Gasteiger partial charge in [-0.2, -0.15) is 0 Å². The van der Waals surface area contributed by atoms with Crippen molar-refractivity contribution in [2.24, 2.45) is 5.41 Å². The molecule has 32 heavy (non-hydrogen) atoms. The summed E-state index contributed by atoms with van der Waals surface area (Å²) in [5.74, 6) is 0. The van der Waals surface area contributed by atoms with E-state index in [4.69, 9.17) is 9.05 Å². The van der Waals surface area contributed by atoms with Crippen LogP contribution < -0.4 is 10.6 Å². The monoisotopic (exact) mass is 466 g/mol. The average Bonchev–Trinajstić information content (AvgIpc) is 2.83. The molecule has 1 saturated heterocycles. The summed E-state index contributed by atoms with van der Waals surface area (Å²) in [6.45, 7) is 4.70. The van der Waals surface area contributed by atoms with Gasteiger partial charge in [0.1, 0.15) is 7.14 Å². The fourth-order valence-corrected chi connectivity index (χ4v) is 8.43. The zero-order valence-corrected chi connectivity index (χ0v) is 20.2. The predicted octanol–water partition coefficient (Wildman–Crippen LogP) is 6.31. The molecule has 0 radical (unpaired) electrons. The average molecular weight is 466 g/mol. The Morgan fingerprint density at radius 2 is 1.28 bits per heavy atom. The van der Waals surface area contributed by atoms with Crippen LogP contribution in [-0.2, 0) is 18.2 Å². The van der Waals surface area contributed by atoms with Crippen LogP contribution in [0.5, 0.6) is 0 Å². The molecule has 1 aliphatic rings. The number of allylic oxidation sites excluding steroid dienone is 1. The van der Waals surface area contributed by atoms with E-state index in [1.54, 1.807) is 6.08 Å². The van der Waals surface area contributed by atoms with Gasteiger partial charge in [0.15, 0.2) is 0 Å². The van der Waals surface area contributed by atoms with Gasteiger partial charge < -0.3 is 13.6 Å². The number of benzene rings is 3. The molecule has 0 unspecified atom stereocenters. The Morgan fingerprint density at radius 3 is 1.75 bits per heavy atom. The molecule has 0 spiro atoms. The van der Waals surface area contributed by atoms with Crippen molar-refractivity contribution in [3.05, 3.63) is 103 Å². The van der Waals surface area contributed by atoms with Gasteiger partial charge in [0.05, 0.1) is 18.5 Å². The molecule has 6 heteroatoms. The molecule has 0 atom stereocenters. The predicted molar refractivity (Wildman–Crippen MR) is 132 cm³/mol. The highest BCUT2D eigenvalue weighted by Crippen LogP contribution is 2.64. The lowest BCUT2D eigenvalue weighted by atomic mass is 9.97. The molecule has 3 aromatic carbocycles. The highest BCUT2D eigenvalue weighted by molar-refractivity contribution is 7.79. The summed E-state index contributed by atoms with van der Waals surface area (Å²) < 4.78 is 39.9. The Balaban J connectivity index is 1.79. The maximum atomic E-state index is 14.4. The lowest BCUT2D eigenvalue weighted by molar-refractivity contribution is 0.0467. The zero-order valence-electron chi connectivity index (χ0n) is 18.4. The van der Waals surface area contributed by atoms with Crippen LogP contribution in [0.4, 0.5) is 0 Å². The van der Waals surface area contributed by atoms with Gasteiger partial charge in [0, 0.05) is 22.2 Å². The highest BCUT2D eigenvalue weighted by atomic mass is 31.2. The second-order valence-corrected chi connectivity index (χ2v) is 13.6. The van der Waals surface area contributed by atoms with Gasteiger partial charge in [-0.05, 0) is 5.56 Å². The van der Waals surface area contributed by atoms with Crippen molar-refractivity contribution >= 4 is 30.7 Å². The van der Waals surface area contributed by atoms with Crippen molar-refractivity contribution in [3.63, 3.8) is 0 Å². The summed E-state index contributed by atoms with van der Waals surface area (Å²) in [4.78, 5) is 0. The van der Waals surface area contributed by atoms with Crippen molar-refractivity contribution in [1.82, 2.24) is 0 Å². The van der Waals surface area contributed by atoms with Gasteiger partial charge in [0.25, 0.3) is 0 Å². The third-order valence-electron chi connectivity index (χ3n) is 5.50. The second-order valence-electron chi connectivity index (χ2n) is 8.76. The Kier molecular flexibility index (Phi) is 6.70. The Hall–Kier alpha value is -2.22. The summed E-state index contributed by atoms with van der Waals surface area (Å²) in [6.07, 6.45) is 2.01. The summed E-state index contributed by atoms with van der Waals surface area (Å²) in [7, 11) is -6.57. The molecular weight excluding hydrogens is 438 g/mol. The Labute approximate surface area is 190 Å². The number of hydrogen-bond donors (Lipinski definition) is 0. The van der Waals surface area contributed by atoms with Crippen LogP contribution in [0.3, 0.4) is 0 Å². The molecule has 0 amide bonds. The highest BCUT2D eigenvalue weighted by Gasteiger charge is 2.40. The van der Waals surface area contributed by atoms with E-state index in [1.165, 1.54) is 0 Å². The van der Waals surface area contributed by atoms with Crippen LogP contribution in [0.25, 0.3) is 5.31 Å². The summed E-state index contributed by atoms with van der Waals surface area (Å²) in [5, 5.41) is 2.00. The molecule has 0 N–H and O–H groups in total. The second kappa shape index (κ2) is 9.33. The molecule has 1 heterocycles. The Morgan fingerprint density at radius 1 is 0.844 bits per heavy atom. The maximum absolute atomic E-state index is 14.4. The number of rotatable bonds is 6. The molecule has 1 fully saturated rings. The standard InChI is InChI=1S/C26H28O4P2/c1-26(2)20-29-32(28,30-21-26)25(22-12-6-3-7-13-22)18-19-31(27,23-14-8-4-9-15-23)24-16-10-5-11-17-24/h3-18H,19-21H2,1-2H3/b25-18+. The first-order valence-electron chi connectivity index (χ1n) is 10.7. The first kappa shape index (κ1) is 23.0. The van der Waals surface area contributed by atoms with E-state index in [2.05, 4.69) is 0 Å². The van der Waals surface area contributed by atoms with Crippen molar-refractivity contribution in [1.29, 1.82) is 0 Å². The SMILES string of the molecule is CC1(C)COP(=O)(/C(=C/CP(=O)(c2ccccc2)c2ccccc2)c2ccccc2)OC1. The summed E-state index contributed by atoms with van der Waals surface area (Å²) >= 11 is 0. The minimum absolute atomic E-state index is 0.209. The van der Waals surface area contributed by atoms with Crippen LogP contribution in [0.2, 0.25) is 0 Å². The minimum atomic E-state index is -3.55. The van der Waals surface area contributed by atoms with Gasteiger partial charge in [-0.25, -0.2) is 0 Å². The normalized spacial score (nSPS) is 18.2. The van der Waals surface area contributed by atoms with Crippen molar-refractivity contribution in [2.75, 3.05) is 19.4 Å². The van der Waals surface area contributed by atoms with Crippen LogP contribution >= 0.6 is 14.7 Å². The van der Waals surface area contributed by atoms with Gasteiger partial charge in [-0.3, -0.25) is 4.57 Å². The van der Waals surface area contributed by atoms with Crippen LogP contribution in [-0.4, -0.2) is 19.4 Å². The van der Waals surface area contributed by atoms with E-state index in [-0.39, 0.29) is 11.6 Å². The van der Waals surface area contributed by atoms with E-state index < -0.39 is 14.7 Å². The summed E-state index contributed by atoms with van der Waals surface area (Å²) in [6, 6.07) is 28.4.